The van der Waals surface area contributed by atoms with Crippen LogP contribution in [0.1, 0.15) is 0 Å². The highest BCUT2D eigenvalue weighted by Crippen LogP contribution is 2.36. The Morgan fingerprint density at radius 3 is 2.32 bits per heavy atom. The van der Waals surface area contributed by atoms with Crippen molar-refractivity contribution in [2.45, 2.75) is 0 Å². The molecule has 22 heavy (non-hydrogen) atoms. The summed E-state index contributed by atoms with van der Waals surface area (Å²) < 4.78 is 6.16. The van der Waals surface area contributed by atoms with E-state index in [4.69, 9.17) is 16.3 Å². The quantitative estimate of drug-likeness (QED) is 0.434. The van der Waals surface area contributed by atoms with E-state index in [1.54, 1.807) is 0 Å². The molecular formula is C19H12ClNO. The maximum Gasteiger partial charge on any atom is 0.146 e. The lowest BCUT2D eigenvalue weighted by Crippen LogP contribution is -1.91. The van der Waals surface area contributed by atoms with E-state index in [1.165, 1.54) is 0 Å². The van der Waals surface area contributed by atoms with Gasteiger partial charge in [0.2, 0.25) is 0 Å². The lowest BCUT2D eigenvalue weighted by atomic mass is 10.1. The Balaban J connectivity index is 2.03. The van der Waals surface area contributed by atoms with Crippen LogP contribution < -0.4 is 4.74 Å². The molecule has 0 spiro atoms. The molecule has 0 amide bonds. The van der Waals surface area contributed by atoms with Crippen molar-refractivity contribution in [3.8, 4) is 11.5 Å². The zero-order chi connectivity index (χ0) is 14.9. The number of rotatable bonds is 2. The van der Waals surface area contributed by atoms with Crippen LogP contribution in [0.3, 0.4) is 0 Å². The Bertz CT molecular complexity index is 967. The highest BCUT2D eigenvalue weighted by molar-refractivity contribution is 6.31. The van der Waals surface area contributed by atoms with Crippen molar-refractivity contribution < 1.29 is 4.74 Å². The van der Waals surface area contributed by atoms with Crippen LogP contribution in [-0.2, 0) is 0 Å². The average Bonchev–Trinajstić information content (AvgIpc) is 2.55. The van der Waals surface area contributed by atoms with Gasteiger partial charge in [0.05, 0.1) is 11.0 Å². The second-order valence-corrected chi connectivity index (χ2v) is 5.47. The highest BCUT2D eigenvalue weighted by atomic mass is 35.5. The van der Waals surface area contributed by atoms with Crippen LogP contribution in [0.2, 0.25) is 5.02 Å². The van der Waals surface area contributed by atoms with Crippen molar-refractivity contribution in [3.63, 3.8) is 0 Å². The molecule has 1 aromatic heterocycles. The van der Waals surface area contributed by atoms with Gasteiger partial charge in [-0.05, 0) is 42.5 Å². The first-order chi connectivity index (χ1) is 10.8. The monoisotopic (exact) mass is 305 g/mol. The lowest BCUT2D eigenvalue weighted by molar-refractivity contribution is 0.493. The second-order valence-electron chi connectivity index (χ2n) is 5.03. The molecule has 0 radical (unpaired) electrons. The number of benzene rings is 3. The summed E-state index contributed by atoms with van der Waals surface area (Å²) in [5.41, 5.74) is 1.72. The smallest absolute Gasteiger partial charge is 0.146 e. The highest BCUT2D eigenvalue weighted by Gasteiger charge is 2.11. The Morgan fingerprint density at radius 1 is 0.727 bits per heavy atom. The summed E-state index contributed by atoms with van der Waals surface area (Å²) in [5.74, 6) is 1.61. The Labute approximate surface area is 132 Å². The van der Waals surface area contributed by atoms with Gasteiger partial charge in [-0.3, -0.25) is 0 Å². The molecule has 3 heteroatoms. The number of fused-ring (bicyclic) bond motifs is 2. The second kappa shape index (κ2) is 5.32. The van der Waals surface area contributed by atoms with Crippen LogP contribution in [0, 0.1) is 0 Å². The molecule has 106 valence electrons. The molecule has 1 heterocycles. The molecule has 0 saturated heterocycles. The SMILES string of the molecule is Clc1ccc2c(Oc3ccccc3)c3ccccc3nc2c1. The summed E-state index contributed by atoms with van der Waals surface area (Å²) in [7, 11) is 0. The Hall–Kier alpha value is -2.58. The molecule has 0 aliphatic heterocycles. The summed E-state index contributed by atoms with van der Waals surface area (Å²) >= 11 is 6.10. The third kappa shape index (κ3) is 2.28. The first-order valence-electron chi connectivity index (χ1n) is 7.02. The van der Waals surface area contributed by atoms with Crippen LogP contribution in [0.25, 0.3) is 21.8 Å². The van der Waals surface area contributed by atoms with E-state index >= 15 is 0 Å². The van der Waals surface area contributed by atoms with Gasteiger partial charge in [0, 0.05) is 15.8 Å². The fourth-order valence-electron chi connectivity index (χ4n) is 2.54. The van der Waals surface area contributed by atoms with Gasteiger partial charge in [0.1, 0.15) is 11.5 Å². The minimum atomic E-state index is 0.668. The Morgan fingerprint density at radius 2 is 1.45 bits per heavy atom. The van der Waals surface area contributed by atoms with Crippen LogP contribution >= 0.6 is 11.6 Å². The first kappa shape index (κ1) is 13.1. The van der Waals surface area contributed by atoms with Gasteiger partial charge in [-0.15, -0.1) is 0 Å². The summed E-state index contributed by atoms with van der Waals surface area (Å²) in [5, 5.41) is 2.61. The fourth-order valence-corrected chi connectivity index (χ4v) is 2.71. The molecule has 3 aromatic carbocycles. The maximum absolute atomic E-state index is 6.16. The first-order valence-corrected chi connectivity index (χ1v) is 7.40. The molecule has 4 aromatic rings. The predicted octanol–water partition coefficient (Wildman–Crippen LogP) is 5.83. The zero-order valence-corrected chi connectivity index (χ0v) is 12.4. The summed E-state index contributed by atoms with van der Waals surface area (Å²) in [6.45, 7) is 0. The van der Waals surface area contributed by atoms with Crippen LogP contribution in [0.15, 0.2) is 72.8 Å². The van der Waals surface area contributed by atoms with E-state index in [0.29, 0.717) is 5.02 Å². The third-order valence-corrected chi connectivity index (χ3v) is 3.79. The van der Waals surface area contributed by atoms with Gasteiger partial charge in [0.25, 0.3) is 0 Å². The molecule has 0 aliphatic rings. The van der Waals surface area contributed by atoms with Gasteiger partial charge in [0.15, 0.2) is 0 Å². The van der Waals surface area contributed by atoms with Gasteiger partial charge < -0.3 is 4.74 Å². The number of nitrogens with zero attached hydrogens (tertiary/aromatic N) is 1. The zero-order valence-electron chi connectivity index (χ0n) is 11.7. The maximum atomic E-state index is 6.16. The van der Waals surface area contributed by atoms with Crippen molar-refractivity contribution in [1.29, 1.82) is 0 Å². The van der Waals surface area contributed by atoms with Gasteiger partial charge >= 0.3 is 0 Å². The molecule has 0 aliphatic carbocycles. The number of halogens is 1. The molecule has 0 N–H and O–H groups in total. The predicted molar refractivity (Wildman–Crippen MR) is 90.8 cm³/mol. The van der Waals surface area contributed by atoms with Crippen LogP contribution in [0.4, 0.5) is 0 Å². The molecule has 2 nitrogen and oxygen atoms in total. The van der Waals surface area contributed by atoms with E-state index in [-0.39, 0.29) is 0 Å². The summed E-state index contributed by atoms with van der Waals surface area (Å²) in [6.07, 6.45) is 0. The summed E-state index contributed by atoms with van der Waals surface area (Å²) in [4.78, 5) is 4.68. The van der Waals surface area contributed by atoms with Crippen LogP contribution in [-0.4, -0.2) is 4.98 Å². The molecule has 0 unspecified atom stereocenters. The van der Waals surface area contributed by atoms with Gasteiger partial charge in [-0.25, -0.2) is 4.98 Å². The topological polar surface area (TPSA) is 22.1 Å². The number of hydrogen-bond acceptors (Lipinski definition) is 2. The van der Waals surface area contributed by atoms with Crippen molar-refractivity contribution in [2.24, 2.45) is 0 Å². The standard InChI is InChI=1S/C19H12ClNO/c20-13-10-11-16-18(12-13)21-17-9-5-4-8-15(17)19(16)22-14-6-2-1-3-7-14/h1-12H. The average molecular weight is 306 g/mol. The molecule has 0 saturated carbocycles. The van der Waals surface area contributed by atoms with Gasteiger partial charge in [-0.1, -0.05) is 41.9 Å². The number of para-hydroxylation sites is 2. The van der Waals surface area contributed by atoms with Crippen molar-refractivity contribution in [1.82, 2.24) is 4.98 Å². The fraction of sp³-hybridized carbons (Fsp3) is 0. The van der Waals surface area contributed by atoms with E-state index in [2.05, 4.69) is 4.98 Å². The Kier molecular flexibility index (Phi) is 3.17. The van der Waals surface area contributed by atoms with E-state index < -0.39 is 0 Å². The van der Waals surface area contributed by atoms with Crippen molar-refractivity contribution >= 4 is 33.4 Å². The van der Waals surface area contributed by atoms with Crippen molar-refractivity contribution in [3.05, 3.63) is 77.8 Å². The van der Waals surface area contributed by atoms with E-state index in [0.717, 1.165) is 33.3 Å². The molecular weight excluding hydrogens is 294 g/mol. The normalized spacial score (nSPS) is 11.0. The number of ether oxygens (including phenoxy) is 1. The van der Waals surface area contributed by atoms with Crippen LogP contribution in [0.5, 0.6) is 11.5 Å². The number of aromatic nitrogens is 1. The van der Waals surface area contributed by atoms with E-state index in [1.807, 2.05) is 72.8 Å². The third-order valence-electron chi connectivity index (χ3n) is 3.56. The van der Waals surface area contributed by atoms with Gasteiger partial charge in [-0.2, -0.15) is 0 Å². The minimum absolute atomic E-state index is 0.668. The van der Waals surface area contributed by atoms with Crippen molar-refractivity contribution in [2.75, 3.05) is 0 Å². The largest absolute Gasteiger partial charge is 0.456 e. The number of pyridine rings is 1. The molecule has 0 fully saturated rings. The number of hydrogen-bond donors (Lipinski definition) is 0. The van der Waals surface area contributed by atoms with E-state index in [9.17, 15) is 0 Å². The summed E-state index contributed by atoms with van der Waals surface area (Å²) in [6, 6.07) is 23.4. The molecule has 0 bridgehead atoms. The lowest BCUT2D eigenvalue weighted by Gasteiger charge is -2.12. The molecule has 4 rings (SSSR count). The molecule has 0 atom stereocenters. The minimum Gasteiger partial charge on any atom is -0.456 e.